The molecule has 0 saturated carbocycles. The maximum atomic E-state index is 12.8. The fourth-order valence-corrected chi connectivity index (χ4v) is 16.5. The number of benzene rings is 4. The Morgan fingerprint density at radius 3 is 1.55 bits per heavy atom. The van der Waals surface area contributed by atoms with Gasteiger partial charge in [-0.2, -0.15) is 0 Å². The first-order valence-corrected chi connectivity index (χ1v) is 17.1. The molecule has 0 atom stereocenters. The van der Waals surface area contributed by atoms with Gasteiger partial charge in [0, 0.05) is 0 Å². The SMILES string of the molecule is C[Si](C)(c1ccccc1)C(O)(Cc1ccc2ccccc2c1)[Si](C)(C)c1ccccc1. The normalized spacial score (nSPS) is 12.8. The van der Waals surface area contributed by atoms with Crippen molar-refractivity contribution >= 4 is 37.3 Å². The van der Waals surface area contributed by atoms with Gasteiger partial charge in [0.15, 0.2) is 0 Å². The van der Waals surface area contributed by atoms with E-state index in [1.54, 1.807) is 0 Å². The number of fused-ring (bicyclic) bond motifs is 1. The molecule has 0 aliphatic heterocycles. The molecule has 0 unspecified atom stereocenters. The zero-order valence-corrected chi connectivity index (χ0v) is 21.0. The van der Waals surface area contributed by atoms with E-state index in [1.165, 1.54) is 26.7 Å². The van der Waals surface area contributed by atoms with Crippen molar-refractivity contribution in [3.63, 3.8) is 0 Å². The smallest absolute Gasteiger partial charge is 0.113 e. The van der Waals surface area contributed by atoms with Crippen LogP contribution in [0.2, 0.25) is 26.2 Å². The first kappa shape index (κ1) is 21.8. The predicted octanol–water partition coefficient (Wildman–Crippen LogP) is 5.42. The van der Waals surface area contributed by atoms with Crippen LogP contribution in [0.5, 0.6) is 0 Å². The van der Waals surface area contributed by atoms with Crippen molar-refractivity contribution in [3.05, 3.63) is 109 Å². The fourth-order valence-electron chi connectivity index (χ4n) is 5.05. The lowest BCUT2D eigenvalue weighted by Gasteiger charge is -2.51. The first-order chi connectivity index (χ1) is 14.8. The van der Waals surface area contributed by atoms with Gasteiger partial charge in [-0.15, -0.1) is 0 Å². The highest BCUT2D eigenvalue weighted by Gasteiger charge is 2.57. The minimum absolute atomic E-state index is 0.681. The molecule has 1 N–H and O–H groups in total. The molecule has 1 nitrogen and oxygen atoms in total. The molecule has 0 aliphatic rings. The van der Waals surface area contributed by atoms with Gasteiger partial charge in [-0.05, 0) is 22.8 Å². The van der Waals surface area contributed by atoms with Crippen LogP contribution in [0.4, 0.5) is 0 Å². The van der Waals surface area contributed by atoms with Gasteiger partial charge in [0.2, 0.25) is 0 Å². The molecule has 0 spiro atoms. The van der Waals surface area contributed by atoms with Crippen LogP contribution in [-0.2, 0) is 6.42 Å². The van der Waals surface area contributed by atoms with Crippen molar-refractivity contribution in [2.24, 2.45) is 0 Å². The van der Waals surface area contributed by atoms with Gasteiger partial charge < -0.3 is 5.11 Å². The highest BCUT2D eigenvalue weighted by atomic mass is 28.4. The molecule has 0 fully saturated rings. The second kappa shape index (κ2) is 8.23. The summed E-state index contributed by atoms with van der Waals surface area (Å²) in [5.41, 5.74) is 1.22. The molecule has 0 amide bonds. The van der Waals surface area contributed by atoms with Crippen molar-refractivity contribution in [2.75, 3.05) is 0 Å². The maximum Gasteiger partial charge on any atom is 0.113 e. The number of aliphatic hydroxyl groups is 1. The second-order valence-electron chi connectivity index (χ2n) is 9.70. The van der Waals surface area contributed by atoms with E-state index >= 15 is 0 Å². The van der Waals surface area contributed by atoms with Crippen molar-refractivity contribution < 1.29 is 5.11 Å². The highest BCUT2D eigenvalue weighted by molar-refractivity contribution is 7.09. The Morgan fingerprint density at radius 2 is 1.03 bits per heavy atom. The molecule has 0 bridgehead atoms. The zero-order valence-electron chi connectivity index (χ0n) is 19.0. The Bertz CT molecular complexity index is 1120. The van der Waals surface area contributed by atoms with E-state index in [-0.39, 0.29) is 0 Å². The Labute approximate surface area is 188 Å². The lowest BCUT2D eigenvalue weighted by atomic mass is 10.1. The monoisotopic (exact) mass is 440 g/mol. The molecule has 0 heterocycles. The van der Waals surface area contributed by atoms with Crippen molar-refractivity contribution in [1.82, 2.24) is 0 Å². The largest absolute Gasteiger partial charge is 0.396 e. The number of hydrogen-bond donors (Lipinski definition) is 1. The van der Waals surface area contributed by atoms with Crippen LogP contribution in [0, 0.1) is 0 Å². The lowest BCUT2D eigenvalue weighted by molar-refractivity contribution is 0.191. The molecule has 0 aromatic heterocycles. The third-order valence-corrected chi connectivity index (χ3v) is 19.1. The summed E-state index contributed by atoms with van der Waals surface area (Å²) in [5.74, 6) is 0. The van der Waals surface area contributed by atoms with Gasteiger partial charge >= 0.3 is 0 Å². The minimum Gasteiger partial charge on any atom is -0.396 e. The topological polar surface area (TPSA) is 20.2 Å². The average Bonchev–Trinajstić information content (AvgIpc) is 2.80. The van der Waals surface area contributed by atoms with Gasteiger partial charge in [-0.1, -0.05) is 140 Å². The van der Waals surface area contributed by atoms with Crippen LogP contribution in [0.15, 0.2) is 103 Å². The van der Waals surface area contributed by atoms with Crippen LogP contribution < -0.4 is 10.4 Å². The zero-order chi connectivity index (χ0) is 22.1. The van der Waals surface area contributed by atoms with Gasteiger partial charge in [0.1, 0.15) is 16.1 Å². The highest BCUT2D eigenvalue weighted by Crippen LogP contribution is 2.35. The molecule has 3 heteroatoms. The Morgan fingerprint density at radius 1 is 0.581 bits per heavy atom. The number of rotatable bonds is 6. The Kier molecular flexibility index (Phi) is 5.78. The van der Waals surface area contributed by atoms with E-state index in [2.05, 4.69) is 129 Å². The van der Waals surface area contributed by atoms with Gasteiger partial charge in [0.25, 0.3) is 0 Å². The summed E-state index contributed by atoms with van der Waals surface area (Å²) >= 11 is 0. The quantitative estimate of drug-likeness (QED) is 0.397. The van der Waals surface area contributed by atoms with E-state index < -0.39 is 21.0 Å². The van der Waals surface area contributed by atoms with Crippen molar-refractivity contribution in [2.45, 2.75) is 37.5 Å². The van der Waals surface area contributed by atoms with Crippen LogP contribution in [0.3, 0.4) is 0 Å². The molecule has 0 saturated heterocycles. The number of hydrogen-bond acceptors (Lipinski definition) is 1. The molecule has 158 valence electrons. The summed E-state index contributed by atoms with van der Waals surface area (Å²) < 4.78 is 0. The van der Waals surface area contributed by atoms with E-state index in [0.29, 0.717) is 6.42 Å². The molecule has 4 aromatic carbocycles. The summed E-state index contributed by atoms with van der Waals surface area (Å²) in [6.45, 7) is 9.39. The molecular formula is C28H32OSi2. The molecule has 4 rings (SSSR count). The minimum atomic E-state index is -2.28. The van der Waals surface area contributed by atoms with E-state index in [4.69, 9.17) is 0 Å². The third-order valence-electron chi connectivity index (χ3n) is 7.33. The van der Waals surface area contributed by atoms with Gasteiger partial charge in [-0.3, -0.25) is 0 Å². The summed E-state index contributed by atoms with van der Waals surface area (Å²) in [5, 5.41) is 17.9. The predicted molar refractivity (Wildman–Crippen MR) is 140 cm³/mol. The van der Waals surface area contributed by atoms with Gasteiger partial charge in [0.05, 0.1) is 4.85 Å². The first-order valence-electron chi connectivity index (χ1n) is 11.1. The molecule has 4 aromatic rings. The molecule has 0 aliphatic carbocycles. The van der Waals surface area contributed by atoms with E-state index in [9.17, 15) is 5.11 Å². The van der Waals surface area contributed by atoms with E-state index in [1.807, 2.05) is 0 Å². The summed E-state index contributed by atoms with van der Waals surface area (Å²) in [4.78, 5) is -0.759. The lowest BCUT2D eigenvalue weighted by Crippen LogP contribution is -2.78. The van der Waals surface area contributed by atoms with E-state index in [0.717, 1.165) is 0 Å². The Balaban J connectivity index is 1.87. The second-order valence-corrected chi connectivity index (χ2v) is 19.5. The van der Waals surface area contributed by atoms with Crippen LogP contribution >= 0.6 is 0 Å². The molecular weight excluding hydrogens is 408 g/mol. The van der Waals surface area contributed by atoms with Crippen LogP contribution in [0.25, 0.3) is 10.8 Å². The Hall–Kier alpha value is -2.47. The fraction of sp³-hybridized carbons (Fsp3) is 0.214. The maximum absolute atomic E-state index is 12.8. The molecule has 0 radical (unpaired) electrons. The summed E-state index contributed by atoms with van der Waals surface area (Å²) in [7, 11) is -4.57. The standard InChI is InChI=1S/C28H32OSi2/c1-30(2,26-15-7-5-8-16-26)28(29,31(3,4)27-17-9-6-10-18-27)22-23-19-20-24-13-11-12-14-25(24)21-23/h5-21,29H,22H2,1-4H3. The molecule has 31 heavy (non-hydrogen) atoms. The summed E-state index contributed by atoms with van der Waals surface area (Å²) in [6, 6.07) is 36.6. The van der Waals surface area contributed by atoms with Crippen LogP contribution in [0.1, 0.15) is 5.56 Å². The van der Waals surface area contributed by atoms with Crippen molar-refractivity contribution in [3.8, 4) is 0 Å². The third kappa shape index (κ3) is 3.82. The summed E-state index contributed by atoms with van der Waals surface area (Å²) in [6.07, 6.45) is 0.681. The van der Waals surface area contributed by atoms with Crippen LogP contribution in [-0.4, -0.2) is 26.1 Å². The average molecular weight is 441 g/mol. The van der Waals surface area contributed by atoms with Gasteiger partial charge in [-0.25, -0.2) is 0 Å². The van der Waals surface area contributed by atoms with Crippen molar-refractivity contribution in [1.29, 1.82) is 0 Å².